The molecule has 1 unspecified atom stereocenters. The van der Waals surface area contributed by atoms with Gasteiger partial charge in [0.25, 0.3) is 0 Å². The topological polar surface area (TPSA) is 29.5 Å². The first-order valence-corrected chi connectivity index (χ1v) is 5.05. The summed E-state index contributed by atoms with van der Waals surface area (Å²) in [4.78, 5) is 0. The van der Waals surface area contributed by atoms with Crippen LogP contribution in [-0.2, 0) is 4.74 Å². The van der Waals surface area contributed by atoms with Crippen molar-refractivity contribution in [2.24, 2.45) is 5.92 Å². The van der Waals surface area contributed by atoms with Crippen LogP contribution in [0.25, 0.3) is 0 Å². The molecule has 70 valence electrons. The summed E-state index contributed by atoms with van der Waals surface area (Å²) in [6, 6.07) is 0. The van der Waals surface area contributed by atoms with Crippen molar-refractivity contribution < 1.29 is 9.84 Å². The average molecular weight is 170 g/mol. The van der Waals surface area contributed by atoms with E-state index in [9.17, 15) is 5.11 Å². The summed E-state index contributed by atoms with van der Waals surface area (Å²) in [6.45, 7) is 3.05. The van der Waals surface area contributed by atoms with Gasteiger partial charge in [0.1, 0.15) is 0 Å². The third-order valence-corrected chi connectivity index (χ3v) is 3.51. The van der Waals surface area contributed by atoms with Crippen LogP contribution in [0.5, 0.6) is 0 Å². The minimum absolute atomic E-state index is 0.132. The van der Waals surface area contributed by atoms with Crippen LogP contribution in [0.4, 0.5) is 0 Å². The van der Waals surface area contributed by atoms with Crippen molar-refractivity contribution >= 4 is 0 Å². The molecule has 1 N–H and O–H groups in total. The van der Waals surface area contributed by atoms with Gasteiger partial charge in [-0.1, -0.05) is 6.92 Å². The van der Waals surface area contributed by atoms with Crippen molar-refractivity contribution in [1.29, 1.82) is 0 Å². The van der Waals surface area contributed by atoms with Gasteiger partial charge in [0.15, 0.2) is 0 Å². The Labute approximate surface area is 73.9 Å². The molecule has 2 fully saturated rings. The van der Waals surface area contributed by atoms with Crippen LogP contribution in [0, 0.1) is 5.92 Å². The Morgan fingerprint density at radius 3 is 2.42 bits per heavy atom. The second-order valence-electron chi connectivity index (χ2n) is 4.40. The Morgan fingerprint density at radius 1 is 1.25 bits per heavy atom. The van der Waals surface area contributed by atoms with E-state index >= 15 is 0 Å². The molecular weight excluding hydrogens is 152 g/mol. The normalized spacial score (nSPS) is 48.5. The summed E-state index contributed by atoms with van der Waals surface area (Å²) in [5.41, 5.74) is -0.132. The molecule has 0 amide bonds. The number of ether oxygens (including phenoxy) is 1. The SMILES string of the molecule is CC1CCC2(CC1)OCCC2O. The zero-order chi connectivity index (χ0) is 8.60. The maximum atomic E-state index is 9.77. The Hall–Kier alpha value is -0.0800. The van der Waals surface area contributed by atoms with Gasteiger partial charge < -0.3 is 9.84 Å². The predicted octanol–water partition coefficient (Wildman–Crippen LogP) is 1.72. The summed E-state index contributed by atoms with van der Waals surface area (Å²) >= 11 is 0. The fourth-order valence-corrected chi connectivity index (χ4v) is 2.46. The number of rotatable bonds is 0. The highest BCUT2D eigenvalue weighted by molar-refractivity contribution is 4.95. The maximum Gasteiger partial charge on any atom is 0.0941 e. The fraction of sp³-hybridized carbons (Fsp3) is 1.00. The number of aliphatic hydroxyl groups excluding tert-OH is 1. The lowest BCUT2D eigenvalue weighted by molar-refractivity contribution is -0.0874. The van der Waals surface area contributed by atoms with Crippen molar-refractivity contribution in [3.8, 4) is 0 Å². The zero-order valence-electron chi connectivity index (χ0n) is 7.75. The average Bonchev–Trinajstić information content (AvgIpc) is 2.41. The van der Waals surface area contributed by atoms with Gasteiger partial charge in [0.05, 0.1) is 18.3 Å². The first-order valence-electron chi connectivity index (χ1n) is 5.05. The Morgan fingerprint density at radius 2 is 1.92 bits per heavy atom. The van der Waals surface area contributed by atoms with E-state index < -0.39 is 0 Å². The van der Waals surface area contributed by atoms with Crippen LogP contribution in [0.1, 0.15) is 39.0 Å². The fourth-order valence-electron chi connectivity index (χ4n) is 2.46. The number of aliphatic hydroxyl groups is 1. The van der Waals surface area contributed by atoms with Crippen molar-refractivity contribution in [2.75, 3.05) is 6.61 Å². The molecule has 2 heteroatoms. The smallest absolute Gasteiger partial charge is 0.0941 e. The second-order valence-corrected chi connectivity index (χ2v) is 4.40. The highest BCUT2D eigenvalue weighted by Gasteiger charge is 2.44. The van der Waals surface area contributed by atoms with Crippen LogP contribution < -0.4 is 0 Å². The molecule has 0 radical (unpaired) electrons. The molecule has 1 atom stereocenters. The zero-order valence-corrected chi connectivity index (χ0v) is 7.75. The van der Waals surface area contributed by atoms with Gasteiger partial charge in [-0.05, 0) is 38.0 Å². The summed E-state index contributed by atoms with van der Waals surface area (Å²) in [7, 11) is 0. The van der Waals surface area contributed by atoms with Crippen molar-refractivity contribution in [1.82, 2.24) is 0 Å². The van der Waals surface area contributed by atoms with E-state index in [0.717, 1.165) is 31.8 Å². The van der Waals surface area contributed by atoms with Crippen LogP contribution in [-0.4, -0.2) is 23.4 Å². The summed E-state index contributed by atoms with van der Waals surface area (Å²) in [6.07, 6.45) is 5.22. The molecule has 0 aromatic carbocycles. The Balaban J connectivity index is 2.02. The minimum Gasteiger partial charge on any atom is -0.390 e. The molecule has 0 bridgehead atoms. The Bertz CT molecular complexity index is 159. The quantitative estimate of drug-likeness (QED) is 0.599. The van der Waals surface area contributed by atoms with E-state index in [2.05, 4.69) is 6.92 Å². The highest BCUT2D eigenvalue weighted by Crippen LogP contribution is 2.41. The molecule has 1 aliphatic heterocycles. The second kappa shape index (κ2) is 3.00. The van der Waals surface area contributed by atoms with Crippen molar-refractivity contribution in [3.05, 3.63) is 0 Å². The van der Waals surface area contributed by atoms with Gasteiger partial charge in [-0.25, -0.2) is 0 Å². The van der Waals surface area contributed by atoms with Crippen LogP contribution in [0.2, 0.25) is 0 Å². The van der Waals surface area contributed by atoms with Crippen LogP contribution >= 0.6 is 0 Å². The van der Waals surface area contributed by atoms with E-state index in [1.807, 2.05) is 0 Å². The van der Waals surface area contributed by atoms with E-state index in [-0.39, 0.29) is 11.7 Å². The molecule has 1 spiro atoms. The molecule has 2 rings (SSSR count). The lowest BCUT2D eigenvalue weighted by Crippen LogP contribution is -2.42. The standard InChI is InChI=1S/C10H18O2/c1-8-2-5-10(6-3-8)9(11)4-7-12-10/h8-9,11H,2-7H2,1H3. The first-order chi connectivity index (χ1) is 5.73. The van der Waals surface area contributed by atoms with Gasteiger partial charge in [-0.3, -0.25) is 0 Å². The largest absolute Gasteiger partial charge is 0.390 e. The van der Waals surface area contributed by atoms with E-state index in [1.165, 1.54) is 12.8 Å². The van der Waals surface area contributed by atoms with Gasteiger partial charge in [-0.2, -0.15) is 0 Å². The van der Waals surface area contributed by atoms with Crippen LogP contribution in [0.3, 0.4) is 0 Å². The number of hydrogen-bond acceptors (Lipinski definition) is 2. The number of hydrogen-bond donors (Lipinski definition) is 1. The molecule has 1 heterocycles. The van der Waals surface area contributed by atoms with Crippen molar-refractivity contribution in [2.45, 2.75) is 50.7 Å². The molecule has 1 aliphatic carbocycles. The predicted molar refractivity (Wildman–Crippen MR) is 46.9 cm³/mol. The third-order valence-electron chi connectivity index (χ3n) is 3.51. The summed E-state index contributed by atoms with van der Waals surface area (Å²) in [5, 5.41) is 9.77. The highest BCUT2D eigenvalue weighted by atomic mass is 16.5. The first kappa shape index (κ1) is 8.52. The molecule has 2 aliphatic rings. The van der Waals surface area contributed by atoms with Crippen LogP contribution in [0.15, 0.2) is 0 Å². The van der Waals surface area contributed by atoms with Gasteiger partial charge in [0.2, 0.25) is 0 Å². The van der Waals surface area contributed by atoms with Gasteiger partial charge >= 0.3 is 0 Å². The van der Waals surface area contributed by atoms with E-state index in [4.69, 9.17) is 4.74 Å². The molecule has 12 heavy (non-hydrogen) atoms. The monoisotopic (exact) mass is 170 g/mol. The molecule has 0 aromatic rings. The summed E-state index contributed by atoms with van der Waals surface area (Å²) in [5.74, 6) is 0.826. The van der Waals surface area contributed by atoms with E-state index in [0.29, 0.717) is 0 Å². The minimum atomic E-state index is -0.190. The molecule has 2 nitrogen and oxygen atoms in total. The lowest BCUT2D eigenvalue weighted by Gasteiger charge is -2.37. The molecule has 1 saturated carbocycles. The maximum absolute atomic E-state index is 9.77. The molecular formula is C10H18O2. The Kier molecular flexibility index (Phi) is 2.13. The van der Waals surface area contributed by atoms with Gasteiger partial charge in [0, 0.05) is 0 Å². The summed E-state index contributed by atoms with van der Waals surface area (Å²) < 4.78 is 5.69. The van der Waals surface area contributed by atoms with E-state index in [1.54, 1.807) is 0 Å². The van der Waals surface area contributed by atoms with Crippen molar-refractivity contribution in [3.63, 3.8) is 0 Å². The molecule has 0 aromatic heterocycles. The third kappa shape index (κ3) is 1.27. The van der Waals surface area contributed by atoms with Gasteiger partial charge in [-0.15, -0.1) is 0 Å². The molecule has 1 saturated heterocycles. The lowest BCUT2D eigenvalue weighted by atomic mass is 9.77.